The average molecular weight is 494 g/mol. The molecule has 0 aliphatic carbocycles. The van der Waals surface area contributed by atoms with Gasteiger partial charge in [-0.05, 0) is 56.3 Å². The molecule has 0 fully saturated rings. The average Bonchev–Trinajstić information content (AvgIpc) is 3.23. The lowest BCUT2D eigenvalue weighted by Crippen LogP contribution is -2.24. The number of carbonyl (C=O) groups excluding carboxylic acids is 1. The molecule has 0 atom stereocenters. The first-order chi connectivity index (χ1) is 16.7. The summed E-state index contributed by atoms with van der Waals surface area (Å²) in [5.74, 6) is 1.01. The van der Waals surface area contributed by atoms with Gasteiger partial charge in [0, 0.05) is 17.4 Å². The molecule has 1 amide bonds. The number of methoxy groups -OCH3 is 1. The van der Waals surface area contributed by atoms with Crippen molar-refractivity contribution in [2.75, 3.05) is 11.8 Å². The van der Waals surface area contributed by atoms with Gasteiger partial charge in [-0.1, -0.05) is 6.07 Å². The SMILES string of the molecule is COc1ccc(S(=O)(=O)Nc2cccc(-c3nc(CNC(=O)c4cnc(C)cn4)c(C)o3)c2)cc1. The summed E-state index contributed by atoms with van der Waals surface area (Å²) in [5, 5.41) is 2.74. The number of hydrogen-bond acceptors (Lipinski definition) is 8. The van der Waals surface area contributed by atoms with Gasteiger partial charge in [-0.25, -0.2) is 18.4 Å². The Hall–Kier alpha value is -4.25. The van der Waals surface area contributed by atoms with Gasteiger partial charge in [0.25, 0.3) is 15.9 Å². The quantitative estimate of drug-likeness (QED) is 0.381. The topological polar surface area (TPSA) is 136 Å². The summed E-state index contributed by atoms with van der Waals surface area (Å²) in [4.78, 5) is 25.0. The maximum absolute atomic E-state index is 12.8. The number of anilines is 1. The zero-order chi connectivity index (χ0) is 25.0. The van der Waals surface area contributed by atoms with Crippen LogP contribution in [0.1, 0.15) is 27.6 Å². The zero-order valence-corrected chi connectivity index (χ0v) is 20.1. The highest BCUT2D eigenvalue weighted by molar-refractivity contribution is 7.92. The largest absolute Gasteiger partial charge is 0.497 e. The van der Waals surface area contributed by atoms with E-state index in [1.807, 2.05) is 0 Å². The Kier molecular flexibility index (Phi) is 6.78. The Morgan fingerprint density at radius 1 is 1.06 bits per heavy atom. The molecule has 2 aromatic heterocycles. The molecule has 0 bridgehead atoms. The molecule has 180 valence electrons. The van der Waals surface area contributed by atoms with Crippen LogP contribution in [0, 0.1) is 13.8 Å². The van der Waals surface area contributed by atoms with Crippen molar-refractivity contribution in [2.45, 2.75) is 25.3 Å². The molecule has 0 spiro atoms. The minimum absolute atomic E-state index is 0.104. The summed E-state index contributed by atoms with van der Waals surface area (Å²) in [6, 6.07) is 12.8. The maximum Gasteiger partial charge on any atom is 0.271 e. The van der Waals surface area contributed by atoms with Gasteiger partial charge in [0.05, 0.1) is 30.4 Å². The molecular weight excluding hydrogens is 470 g/mol. The van der Waals surface area contributed by atoms with E-state index in [4.69, 9.17) is 9.15 Å². The minimum Gasteiger partial charge on any atom is -0.497 e. The van der Waals surface area contributed by atoms with Crippen molar-refractivity contribution >= 4 is 21.6 Å². The Bertz CT molecular complexity index is 1450. The molecule has 2 aromatic carbocycles. The van der Waals surface area contributed by atoms with E-state index in [1.165, 1.54) is 31.6 Å². The zero-order valence-electron chi connectivity index (χ0n) is 19.3. The van der Waals surface area contributed by atoms with Gasteiger partial charge in [0.2, 0.25) is 5.89 Å². The summed E-state index contributed by atoms with van der Waals surface area (Å²) in [7, 11) is -2.29. The maximum atomic E-state index is 12.8. The van der Waals surface area contributed by atoms with E-state index in [1.54, 1.807) is 50.2 Å². The molecule has 4 rings (SSSR count). The van der Waals surface area contributed by atoms with Crippen molar-refractivity contribution in [3.63, 3.8) is 0 Å². The van der Waals surface area contributed by atoms with Gasteiger partial charge in [-0.2, -0.15) is 0 Å². The van der Waals surface area contributed by atoms with E-state index in [0.717, 1.165) is 0 Å². The van der Waals surface area contributed by atoms with Crippen molar-refractivity contribution in [3.8, 4) is 17.2 Å². The Morgan fingerprint density at radius 3 is 2.51 bits per heavy atom. The van der Waals surface area contributed by atoms with Crippen molar-refractivity contribution in [1.82, 2.24) is 20.3 Å². The second-order valence-electron chi connectivity index (χ2n) is 7.61. The smallest absolute Gasteiger partial charge is 0.271 e. The van der Waals surface area contributed by atoms with Crippen LogP contribution in [0.4, 0.5) is 5.69 Å². The number of aryl methyl sites for hydroxylation is 2. The first-order valence-electron chi connectivity index (χ1n) is 10.6. The van der Waals surface area contributed by atoms with Gasteiger partial charge < -0.3 is 14.5 Å². The van der Waals surface area contributed by atoms with E-state index >= 15 is 0 Å². The minimum atomic E-state index is -3.80. The molecule has 0 unspecified atom stereocenters. The van der Waals surface area contributed by atoms with Crippen LogP contribution in [-0.2, 0) is 16.6 Å². The normalized spacial score (nSPS) is 11.2. The van der Waals surface area contributed by atoms with Crippen LogP contribution in [-0.4, -0.2) is 36.4 Å². The van der Waals surface area contributed by atoms with Crippen LogP contribution in [0.15, 0.2) is 70.2 Å². The van der Waals surface area contributed by atoms with E-state index < -0.39 is 10.0 Å². The highest BCUT2D eigenvalue weighted by Gasteiger charge is 2.17. The summed E-state index contributed by atoms with van der Waals surface area (Å²) < 4.78 is 38.9. The van der Waals surface area contributed by atoms with Gasteiger partial charge >= 0.3 is 0 Å². The third-order valence-corrected chi connectivity index (χ3v) is 6.45. The number of hydrogen-bond donors (Lipinski definition) is 2. The number of aromatic nitrogens is 3. The summed E-state index contributed by atoms with van der Waals surface area (Å²) in [6.45, 7) is 3.65. The van der Waals surface area contributed by atoms with E-state index in [0.29, 0.717) is 40.0 Å². The summed E-state index contributed by atoms with van der Waals surface area (Å²) in [5.41, 5.74) is 2.38. The first kappa shape index (κ1) is 23.9. The fraction of sp³-hybridized carbons (Fsp3) is 0.167. The molecule has 0 saturated heterocycles. The second-order valence-corrected chi connectivity index (χ2v) is 9.29. The molecule has 0 radical (unpaired) electrons. The molecule has 2 heterocycles. The number of sulfonamides is 1. The monoisotopic (exact) mass is 493 g/mol. The highest BCUT2D eigenvalue weighted by atomic mass is 32.2. The lowest BCUT2D eigenvalue weighted by Gasteiger charge is -2.09. The molecule has 0 aliphatic rings. The first-order valence-corrected chi connectivity index (χ1v) is 12.0. The fourth-order valence-electron chi connectivity index (χ4n) is 3.16. The lowest BCUT2D eigenvalue weighted by molar-refractivity contribution is 0.0945. The predicted octanol–water partition coefficient (Wildman–Crippen LogP) is 3.49. The molecule has 0 aliphatic heterocycles. The van der Waals surface area contributed by atoms with Gasteiger partial charge in [-0.15, -0.1) is 0 Å². The number of amides is 1. The molecule has 10 nitrogen and oxygen atoms in total. The summed E-state index contributed by atoms with van der Waals surface area (Å²) >= 11 is 0. The van der Waals surface area contributed by atoms with E-state index in [-0.39, 0.29) is 23.0 Å². The number of oxazole rings is 1. The van der Waals surface area contributed by atoms with Crippen LogP contribution < -0.4 is 14.8 Å². The molecule has 0 saturated carbocycles. The third kappa shape index (κ3) is 5.64. The Labute approximate surface area is 202 Å². The molecule has 2 N–H and O–H groups in total. The standard InChI is InChI=1S/C24H23N5O5S/c1-15-12-26-22(14-25-15)23(30)27-13-21-16(2)34-24(28-21)17-5-4-6-18(11-17)29-35(31,32)20-9-7-19(33-3)8-10-20/h4-12,14,29H,13H2,1-3H3,(H,27,30). The van der Waals surface area contributed by atoms with Gasteiger partial charge in [-0.3, -0.25) is 14.5 Å². The fourth-order valence-corrected chi connectivity index (χ4v) is 4.21. The van der Waals surface area contributed by atoms with Crippen molar-refractivity contribution in [1.29, 1.82) is 0 Å². The number of nitrogens with zero attached hydrogens (tertiary/aromatic N) is 3. The van der Waals surface area contributed by atoms with Crippen LogP contribution in [0.25, 0.3) is 11.5 Å². The molecule has 11 heteroatoms. The number of rotatable bonds is 8. The van der Waals surface area contributed by atoms with Crippen molar-refractivity contribution < 1.29 is 22.4 Å². The number of benzene rings is 2. The van der Waals surface area contributed by atoms with Gasteiger partial charge in [0.1, 0.15) is 22.9 Å². The molecular formula is C24H23N5O5S. The Morgan fingerprint density at radius 2 is 1.83 bits per heavy atom. The van der Waals surface area contributed by atoms with Gasteiger partial charge in [0.15, 0.2) is 0 Å². The molecule has 4 aromatic rings. The van der Waals surface area contributed by atoms with Crippen LogP contribution in [0.5, 0.6) is 5.75 Å². The predicted molar refractivity (Wildman–Crippen MR) is 128 cm³/mol. The number of carbonyl (C=O) groups is 1. The Balaban J connectivity index is 1.47. The van der Waals surface area contributed by atoms with E-state index in [2.05, 4.69) is 25.0 Å². The van der Waals surface area contributed by atoms with Crippen LogP contribution in [0.2, 0.25) is 0 Å². The van der Waals surface area contributed by atoms with Crippen molar-refractivity contribution in [3.05, 3.63) is 83.8 Å². The summed E-state index contributed by atoms with van der Waals surface area (Å²) in [6.07, 6.45) is 2.93. The van der Waals surface area contributed by atoms with Crippen LogP contribution in [0.3, 0.4) is 0 Å². The molecule has 35 heavy (non-hydrogen) atoms. The second kappa shape index (κ2) is 9.94. The van der Waals surface area contributed by atoms with E-state index in [9.17, 15) is 13.2 Å². The lowest BCUT2D eigenvalue weighted by atomic mass is 10.2. The number of ether oxygens (including phenoxy) is 1. The highest BCUT2D eigenvalue weighted by Crippen LogP contribution is 2.26. The number of nitrogens with one attached hydrogen (secondary N) is 2. The van der Waals surface area contributed by atoms with Crippen LogP contribution >= 0.6 is 0 Å². The van der Waals surface area contributed by atoms with Crippen molar-refractivity contribution in [2.24, 2.45) is 0 Å². The third-order valence-electron chi connectivity index (χ3n) is 5.05.